The normalized spacial score (nSPS) is 12.8. The van der Waals surface area contributed by atoms with Crippen LogP contribution in [0.2, 0.25) is 0 Å². The first-order valence-corrected chi connectivity index (χ1v) is 13.2. The van der Waals surface area contributed by atoms with Crippen molar-refractivity contribution < 1.29 is 18.7 Å². The number of nitrogens with one attached hydrogen (secondary N) is 2. The first kappa shape index (κ1) is 26.7. The molecule has 6 nitrogen and oxygen atoms in total. The molecule has 0 fully saturated rings. The largest absolute Gasteiger partial charge is 0.495 e. The molecule has 4 aromatic rings. The number of pyridine rings is 1. The third-order valence-corrected chi connectivity index (χ3v) is 7.42. The lowest BCUT2D eigenvalue weighted by Crippen LogP contribution is -2.36. The number of aromatic nitrogens is 1. The number of hydrogen-bond acceptors (Lipinski definition) is 5. The van der Waals surface area contributed by atoms with Crippen molar-refractivity contribution in [3.05, 3.63) is 63.0 Å². The zero-order valence-electron chi connectivity index (χ0n) is 22.2. The van der Waals surface area contributed by atoms with Crippen molar-refractivity contribution in [3.63, 3.8) is 0 Å². The van der Waals surface area contributed by atoms with Gasteiger partial charge in [0.1, 0.15) is 21.9 Å². The number of aromatic amines is 1. The zero-order valence-corrected chi connectivity index (χ0v) is 23.1. The number of amides is 1. The van der Waals surface area contributed by atoms with Gasteiger partial charge in [0.2, 0.25) is 0 Å². The number of alkyl carbamates (subject to hydrolysis) is 1. The first-order valence-electron chi connectivity index (χ1n) is 12.3. The van der Waals surface area contributed by atoms with Crippen molar-refractivity contribution in [1.29, 1.82) is 0 Å². The topological polar surface area (TPSA) is 80.4 Å². The smallest absolute Gasteiger partial charge is 0.407 e. The highest BCUT2D eigenvalue weighted by molar-refractivity contribution is 7.17. The SMILES string of the molecule is COc1csc2c(=O)[nH]c3c(C)ccc(-c4ccc(C(CNC(=O)OC(C)(C)C)C(C)C)c(F)c4)c3c12. The van der Waals surface area contributed by atoms with Gasteiger partial charge in [-0.05, 0) is 61.9 Å². The molecule has 8 heteroatoms. The van der Waals surface area contributed by atoms with E-state index in [4.69, 9.17) is 9.47 Å². The lowest BCUT2D eigenvalue weighted by Gasteiger charge is -2.25. The number of benzene rings is 2. The number of fused-ring (bicyclic) bond motifs is 3. The molecule has 196 valence electrons. The molecular formula is C29H33FN2O4S. The minimum absolute atomic E-state index is 0.0789. The molecule has 0 aliphatic heterocycles. The second kappa shape index (κ2) is 10.2. The van der Waals surface area contributed by atoms with E-state index in [0.717, 1.165) is 21.9 Å². The summed E-state index contributed by atoms with van der Waals surface area (Å²) >= 11 is 1.33. The molecule has 0 saturated heterocycles. The summed E-state index contributed by atoms with van der Waals surface area (Å²) in [6.07, 6.45) is -0.524. The number of carbonyl (C=O) groups excluding carboxylic acids is 1. The van der Waals surface area contributed by atoms with E-state index in [2.05, 4.69) is 10.3 Å². The van der Waals surface area contributed by atoms with Crippen LogP contribution in [0.4, 0.5) is 9.18 Å². The van der Waals surface area contributed by atoms with Crippen molar-refractivity contribution >= 4 is 38.4 Å². The molecule has 4 rings (SSSR count). The van der Waals surface area contributed by atoms with Gasteiger partial charge in [-0.3, -0.25) is 4.79 Å². The van der Waals surface area contributed by atoms with Gasteiger partial charge in [0.15, 0.2) is 0 Å². The maximum Gasteiger partial charge on any atom is 0.407 e. The van der Waals surface area contributed by atoms with Crippen LogP contribution in [0.25, 0.3) is 32.1 Å². The molecule has 0 spiro atoms. The highest BCUT2D eigenvalue weighted by atomic mass is 32.1. The average molecular weight is 525 g/mol. The average Bonchev–Trinajstić information content (AvgIpc) is 3.24. The number of ether oxygens (including phenoxy) is 2. The van der Waals surface area contributed by atoms with Crippen molar-refractivity contribution in [2.45, 2.75) is 53.1 Å². The lowest BCUT2D eigenvalue weighted by molar-refractivity contribution is 0.0521. The summed E-state index contributed by atoms with van der Waals surface area (Å²) in [5, 5.41) is 6.16. The second-order valence-electron chi connectivity index (χ2n) is 10.6. The molecule has 1 amide bonds. The lowest BCUT2D eigenvalue weighted by atomic mass is 9.86. The molecule has 0 bridgehead atoms. The van der Waals surface area contributed by atoms with E-state index in [-0.39, 0.29) is 29.8 Å². The van der Waals surface area contributed by atoms with Gasteiger partial charge in [0, 0.05) is 23.2 Å². The van der Waals surface area contributed by atoms with Gasteiger partial charge in [0.25, 0.3) is 5.56 Å². The third kappa shape index (κ3) is 5.34. The monoisotopic (exact) mass is 524 g/mol. The summed E-state index contributed by atoms with van der Waals surface area (Å²) in [4.78, 5) is 27.9. The molecule has 2 aromatic heterocycles. The van der Waals surface area contributed by atoms with Crippen LogP contribution in [0.5, 0.6) is 5.75 Å². The Kier molecular flexibility index (Phi) is 7.33. The van der Waals surface area contributed by atoms with E-state index in [9.17, 15) is 9.59 Å². The Balaban J connectivity index is 1.78. The molecule has 1 unspecified atom stereocenters. The summed E-state index contributed by atoms with van der Waals surface area (Å²) in [5.41, 5.74) is 2.86. The molecule has 2 heterocycles. The van der Waals surface area contributed by atoms with E-state index >= 15 is 4.39 Å². The van der Waals surface area contributed by atoms with Crippen LogP contribution in [-0.2, 0) is 4.74 Å². The highest BCUT2D eigenvalue weighted by Gasteiger charge is 2.24. The molecule has 2 aromatic carbocycles. The van der Waals surface area contributed by atoms with E-state index < -0.39 is 11.7 Å². The van der Waals surface area contributed by atoms with Gasteiger partial charge >= 0.3 is 6.09 Å². The van der Waals surface area contributed by atoms with Crippen LogP contribution in [0.15, 0.2) is 40.5 Å². The van der Waals surface area contributed by atoms with Crippen molar-refractivity contribution in [1.82, 2.24) is 10.3 Å². The summed E-state index contributed by atoms with van der Waals surface area (Å²) in [6, 6.07) is 9.07. The van der Waals surface area contributed by atoms with E-state index in [1.165, 1.54) is 17.4 Å². The minimum atomic E-state index is -0.609. The molecule has 0 aliphatic carbocycles. The van der Waals surface area contributed by atoms with Crippen LogP contribution >= 0.6 is 11.3 Å². The third-order valence-electron chi connectivity index (χ3n) is 6.47. The van der Waals surface area contributed by atoms with E-state index in [0.29, 0.717) is 27.1 Å². The number of rotatable bonds is 6. The number of methoxy groups -OCH3 is 1. The summed E-state index contributed by atoms with van der Waals surface area (Å²) in [6.45, 7) is 11.6. The van der Waals surface area contributed by atoms with Crippen molar-refractivity contribution in [2.24, 2.45) is 5.92 Å². The quantitative estimate of drug-likeness (QED) is 0.281. The first-order chi connectivity index (χ1) is 17.4. The molecule has 0 aliphatic rings. The van der Waals surface area contributed by atoms with Crippen molar-refractivity contribution in [2.75, 3.05) is 13.7 Å². The van der Waals surface area contributed by atoms with E-state index in [1.807, 2.05) is 44.4 Å². The number of hydrogen-bond donors (Lipinski definition) is 2. The Morgan fingerprint density at radius 1 is 1.16 bits per heavy atom. The predicted molar refractivity (Wildman–Crippen MR) is 148 cm³/mol. The molecular weight excluding hydrogens is 491 g/mol. The van der Waals surface area contributed by atoms with E-state index in [1.54, 1.807) is 33.9 Å². The number of H-pyrrole nitrogens is 1. The number of carbonyl (C=O) groups is 1. The fraction of sp³-hybridized carbons (Fsp3) is 0.379. The molecule has 0 radical (unpaired) electrons. The number of halogens is 1. The predicted octanol–water partition coefficient (Wildman–Crippen LogP) is 7.13. The fourth-order valence-corrected chi connectivity index (χ4v) is 5.56. The van der Waals surface area contributed by atoms with Gasteiger partial charge in [-0.1, -0.05) is 38.1 Å². The summed E-state index contributed by atoms with van der Waals surface area (Å²) in [5.74, 6) is 0.105. The Bertz CT molecular complexity index is 1530. The highest BCUT2D eigenvalue weighted by Crippen LogP contribution is 2.41. The van der Waals surface area contributed by atoms with Crippen molar-refractivity contribution in [3.8, 4) is 16.9 Å². The summed E-state index contributed by atoms with van der Waals surface area (Å²) in [7, 11) is 1.58. The Hall–Kier alpha value is -3.39. The van der Waals surface area contributed by atoms with Crippen LogP contribution < -0.4 is 15.6 Å². The molecule has 37 heavy (non-hydrogen) atoms. The number of thiophene rings is 1. The zero-order chi connectivity index (χ0) is 27.1. The van der Waals surface area contributed by atoms with Gasteiger partial charge in [0.05, 0.1) is 18.0 Å². The minimum Gasteiger partial charge on any atom is -0.495 e. The molecule has 1 atom stereocenters. The van der Waals surface area contributed by atoms with Crippen LogP contribution in [0.1, 0.15) is 51.7 Å². The second-order valence-corrected chi connectivity index (χ2v) is 11.5. The van der Waals surface area contributed by atoms with Crippen LogP contribution in [0, 0.1) is 18.7 Å². The van der Waals surface area contributed by atoms with Crippen LogP contribution in [-0.4, -0.2) is 30.3 Å². The standard InChI is InChI=1S/C29H33FN2O4S/c1-15(2)20(13-31-28(34)36-29(4,5)6)19-11-9-17(12-21(19)30)18-10-8-16(3)25-23(18)24-22(35-7)14-37-26(24)27(33)32-25/h8-12,14-15,20H,13H2,1-7H3,(H,31,34)(H,32,33). The molecule has 0 saturated carbocycles. The maximum atomic E-state index is 15.7. The molecule has 2 N–H and O–H groups in total. The fourth-order valence-electron chi connectivity index (χ4n) is 4.64. The maximum absolute atomic E-state index is 15.7. The Labute approximate surface area is 219 Å². The van der Waals surface area contributed by atoms with Gasteiger partial charge < -0.3 is 19.8 Å². The van der Waals surface area contributed by atoms with Gasteiger partial charge in [-0.25, -0.2) is 9.18 Å². The Morgan fingerprint density at radius 3 is 2.51 bits per heavy atom. The Morgan fingerprint density at radius 2 is 1.89 bits per heavy atom. The van der Waals surface area contributed by atoms with Gasteiger partial charge in [-0.15, -0.1) is 11.3 Å². The summed E-state index contributed by atoms with van der Waals surface area (Å²) < 4.78 is 27.1. The van der Waals surface area contributed by atoms with Gasteiger partial charge in [-0.2, -0.15) is 0 Å². The van der Waals surface area contributed by atoms with Crippen LogP contribution in [0.3, 0.4) is 0 Å². The number of aryl methyl sites for hydroxylation is 1.